The van der Waals surface area contributed by atoms with Gasteiger partial charge < -0.3 is 4.98 Å². The smallest absolute Gasteiger partial charge is 0.296 e. The number of aromatic nitrogens is 1. The molecule has 3 aromatic rings. The van der Waals surface area contributed by atoms with Crippen LogP contribution in [0.5, 0.6) is 0 Å². The molecule has 1 atom stereocenters. The predicted octanol–water partition coefficient (Wildman–Crippen LogP) is 3.99. The molecule has 1 heterocycles. The van der Waals surface area contributed by atoms with E-state index in [1.54, 1.807) is 24.3 Å². The highest BCUT2D eigenvalue weighted by molar-refractivity contribution is 7.86. The van der Waals surface area contributed by atoms with Crippen LogP contribution in [0.1, 0.15) is 23.2 Å². The van der Waals surface area contributed by atoms with E-state index in [1.807, 2.05) is 19.1 Å². The first-order valence-electron chi connectivity index (χ1n) is 8.57. The van der Waals surface area contributed by atoms with Gasteiger partial charge in [-0.25, -0.2) is 0 Å². The third kappa shape index (κ3) is 3.22. The van der Waals surface area contributed by atoms with E-state index in [0.29, 0.717) is 0 Å². The highest BCUT2D eigenvalue weighted by Gasteiger charge is 2.25. The van der Waals surface area contributed by atoms with Crippen molar-refractivity contribution in [3.63, 3.8) is 0 Å². The first-order valence-corrected chi connectivity index (χ1v) is 9.98. The molecule has 4 nitrogen and oxygen atoms in total. The van der Waals surface area contributed by atoms with Crippen LogP contribution in [0.4, 0.5) is 0 Å². The number of rotatable bonds is 4. The predicted molar refractivity (Wildman–Crippen MR) is 98.1 cm³/mol. The van der Waals surface area contributed by atoms with Gasteiger partial charge in [-0.15, -0.1) is 0 Å². The Bertz CT molecular complexity index is 1000. The van der Waals surface area contributed by atoms with Crippen LogP contribution in [0.15, 0.2) is 53.4 Å². The van der Waals surface area contributed by atoms with Crippen LogP contribution in [0.2, 0.25) is 0 Å². The molecule has 0 aliphatic heterocycles. The Labute approximate surface area is 148 Å². The van der Waals surface area contributed by atoms with E-state index in [9.17, 15) is 8.42 Å². The zero-order valence-corrected chi connectivity index (χ0v) is 15.0. The Kier molecular flexibility index (Phi) is 4.13. The minimum Gasteiger partial charge on any atom is -0.358 e. The lowest BCUT2D eigenvalue weighted by Crippen LogP contribution is -2.21. The second kappa shape index (κ2) is 6.32. The summed E-state index contributed by atoms with van der Waals surface area (Å²) in [5, 5.41) is 1.24. The van der Waals surface area contributed by atoms with E-state index in [-0.39, 0.29) is 17.4 Å². The van der Waals surface area contributed by atoms with Gasteiger partial charge in [0.15, 0.2) is 0 Å². The lowest BCUT2D eigenvalue weighted by atomic mass is 9.87. The van der Waals surface area contributed by atoms with Crippen LogP contribution in [0, 0.1) is 12.8 Å². The maximum Gasteiger partial charge on any atom is 0.296 e. The lowest BCUT2D eigenvalue weighted by Gasteiger charge is -2.22. The number of para-hydroxylation sites is 1. The van der Waals surface area contributed by atoms with Crippen molar-refractivity contribution in [2.75, 3.05) is 6.61 Å². The Morgan fingerprint density at radius 3 is 2.68 bits per heavy atom. The molecule has 2 aromatic carbocycles. The normalized spacial score (nSPS) is 17.6. The number of fused-ring (bicyclic) bond motifs is 3. The molecule has 0 amide bonds. The van der Waals surface area contributed by atoms with Gasteiger partial charge in [-0.2, -0.15) is 8.42 Å². The van der Waals surface area contributed by atoms with Gasteiger partial charge in [-0.1, -0.05) is 35.9 Å². The fraction of sp³-hybridized carbons (Fsp3) is 0.300. The fourth-order valence-corrected chi connectivity index (χ4v) is 4.52. The van der Waals surface area contributed by atoms with E-state index >= 15 is 0 Å². The molecule has 1 unspecified atom stereocenters. The zero-order chi connectivity index (χ0) is 17.4. The zero-order valence-electron chi connectivity index (χ0n) is 14.2. The number of hydrogen-bond donors (Lipinski definition) is 1. The summed E-state index contributed by atoms with van der Waals surface area (Å²) < 4.78 is 30.1. The highest BCUT2D eigenvalue weighted by Crippen LogP contribution is 2.32. The minimum absolute atomic E-state index is 0.215. The van der Waals surface area contributed by atoms with E-state index < -0.39 is 10.1 Å². The van der Waals surface area contributed by atoms with Gasteiger partial charge in [-0.05, 0) is 55.9 Å². The van der Waals surface area contributed by atoms with Gasteiger partial charge in [0.05, 0.1) is 11.5 Å². The van der Waals surface area contributed by atoms with Gasteiger partial charge in [0.2, 0.25) is 0 Å². The van der Waals surface area contributed by atoms with Crippen LogP contribution >= 0.6 is 0 Å². The molecule has 0 saturated heterocycles. The second-order valence-electron chi connectivity index (χ2n) is 6.79. The Morgan fingerprint density at radius 2 is 1.88 bits per heavy atom. The average Bonchev–Trinajstić information content (AvgIpc) is 2.98. The summed E-state index contributed by atoms with van der Waals surface area (Å²) in [7, 11) is -3.69. The first kappa shape index (κ1) is 16.4. The molecule has 0 fully saturated rings. The number of H-pyrrole nitrogens is 1. The third-order valence-electron chi connectivity index (χ3n) is 4.97. The largest absolute Gasteiger partial charge is 0.358 e. The van der Waals surface area contributed by atoms with Crippen molar-refractivity contribution in [1.29, 1.82) is 0 Å². The molecule has 0 radical (unpaired) electrons. The van der Waals surface area contributed by atoms with Gasteiger partial charge in [0.1, 0.15) is 0 Å². The van der Waals surface area contributed by atoms with Crippen molar-refractivity contribution in [3.8, 4) is 0 Å². The van der Waals surface area contributed by atoms with Crippen LogP contribution in [0.3, 0.4) is 0 Å². The summed E-state index contributed by atoms with van der Waals surface area (Å²) >= 11 is 0. The number of benzene rings is 2. The summed E-state index contributed by atoms with van der Waals surface area (Å²) in [6, 6.07) is 15.0. The van der Waals surface area contributed by atoms with E-state index in [1.165, 1.54) is 16.6 Å². The van der Waals surface area contributed by atoms with Crippen LogP contribution < -0.4 is 0 Å². The SMILES string of the molecule is Cc1ccc(S(=O)(=O)OCC2CCc3[nH]c4ccccc4c3C2)cc1. The van der Waals surface area contributed by atoms with Crippen molar-refractivity contribution in [2.45, 2.75) is 31.1 Å². The van der Waals surface area contributed by atoms with Crippen molar-refractivity contribution in [2.24, 2.45) is 5.92 Å². The van der Waals surface area contributed by atoms with Crippen molar-refractivity contribution in [1.82, 2.24) is 4.98 Å². The molecule has 1 N–H and O–H groups in total. The first-order chi connectivity index (χ1) is 12.0. The van der Waals surface area contributed by atoms with Gasteiger partial charge in [-0.3, -0.25) is 4.18 Å². The summed E-state index contributed by atoms with van der Waals surface area (Å²) in [4.78, 5) is 3.70. The Hall–Kier alpha value is -2.11. The number of nitrogens with one attached hydrogen (secondary N) is 1. The standard InChI is InChI=1S/C20H21NO3S/c1-14-6-9-16(10-7-14)25(22,23)24-13-15-8-11-20-18(12-15)17-4-2-3-5-19(17)21-20/h2-7,9-10,15,21H,8,11-13H2,1H3. The fourth-order valence-electron chi connectivity index (χ4n) is 3.54. The third-order valence-corrected chi connectivity index (χ3v) is 6.26. The van der Waals surface area contributed by atoms with Gasteiger partial charge in [0, 0.05) is 16.6 Å². The lowest BCUT2D eigenvalue weighted by molar-refractivity contribution is 0.239. The van der Waals surface area contributed by atoms with Crippen LogP contribution in [-0.2, 0) is 27.1 Å². The highest BCUT2D eigenvalue weighted by atomic mass is 32.2. The number of aryl methyl sites for hydroxylation is 2. The van der Waals surface area contributed by atoms with Crippen LogP contribution in [-0.4, -0.2) is 20.0 Å². The number of hydrogen-bond acceptors (Lipinski definition) is 3. The van der Waals surface area contributed by atoms with Crippen molar-refractivity contribution >= 4 is 21.0 Å². The molecule has 1 aliphatic carbocycles. The molecule has 1 aliphatic rings. The average molecular weight is 355 g/mol. The molecule has 5 heteroatoms. The molecule has 25 heavy (non-hydrogen) atoms. The van der Waals surface area contributed by atoms with E-state index in [0.717, 1.165) is 30.3 Å². The molecule has 0 spiro atoms. The monoisotopic (exact) mass is 355 g/mol. The second-order valence-corrected chi connectivity index (χ2v) is 8.40. The molecule has 130 valence electrons. The Balaban J connectivity index is 1.48. The maximum atomic E-state index is 12.4. The molecular weight excluding hydrogens is 334 g/mol. The summed E-state index contributed by atoms with van der Waals surface area (Å²) in [6.07, 6.45) is 2.72. The molecule has 1 aromatic heterocycles. The summed E-state index contributed by atoms with van der Waals surface area (Å²) in [5.41, 5.74) is 4.77. The van der Waals surface area contributed by atoms with E-state index in [2.05, 4.69) is 17.1 Å². The van der Waals surface area contributed by atoms with Crippen molar-refractivity contribution < 1.29 is 12.6 Å². The maximum absolute atomic E-state index is 12.4. The quantitative estimate of drug-likeness (QED) is 0.720. The molecule has 4 rings (SSSR count). The minimum atomic E-state index is -3.69. The summed E-state index contributed by atoms with van der Waals surface area (Å²) in [5.74, 6) is 0.215. The topological polar surface area (TPSA) is 59.2 Å². The molecular formula is C20H21NO3S. The van der Waals surface area contributed by atoms with E-state index in [4.69, 9.17) is 4.18 Å². The molecule has 0 saturated carbocycles. The van der Waals surface area contributed by atoms with Gasteiger partial charge >= 0.3 is 0 Å². The van der Waals surface area contributed by atoms with Crippen LogP contribution in [0.25, 0.3) is 10.9 Å². The van der Waals surface area contributed by atoms with Crippen molar-refractivity contribution in [3.05, 3.63) is 65.4 Å². The van der Waals surface area contributed by atoms with Gasteiger partial charge in [0.25, 0.3) is 10.1 Å². The summed E-state index contributed by atoms with van der Waals surface area (Å²) in [6.45, 7) is 2.16. The Morgan fingerprint density at radius 1 is 1.12 bits per heavy atom. The number of aromatic amines is 1. The molecule has 0 bridgehead atoms.